The number of imidazole rings is 1. The number of ketones is 1. The molecule has 19 heavy (non-hydrogen) atoms. The Morgan fingerprint density at radius 2 is 2.26 bits per heavy atom. The highest BCUT2D eigenvalue weighted by Crippen LogP contribution is 2.24. The molecule has 0 radical (unpaired) electrons. The number of rotatable bonds is 5. The molecule has 2 rings (SSSR count). The van der Waals surface area contributed by atoms with Gasteiger partial charge in [0.2, 0.25) is 5.78 Å². The summed E-state index contributed by atoms with van der Waals surface area (Å²) in [5.74, 6) is 1.00. The largest absolute Gasteiger partial charge is 0.497 e. The molecule has 0 spiro atoms. The van der Waals surface area contributed by atoms with Crippen LogP contribution in [-0.4, -0.2) is 22.4 Å². The normalized spacial score (nSPS) is 10.5. The maximum atomic E-state index is 12.5. The van der Waals surface area contributed by atoms with Gasteiger partial charge in [-0.2, -0.15) is 0 Å². The fourth-order valence-corrected chi connectivity index (χ4v) is 2.29. The Hall–Kier alpha value is -1.62. The van der Waals surface area contributed by atoms with Crippen LogP contribution in [0, 0.1) is 0 Å². The molecule has 2 aromatic rings. The fraction of sp³-hybridized carbons (Fsp3) is 0.286. The van der Waals surface area contributed by atoms with E-state index in [0.717, 1.165) is 17.4 Å². The Bertz CT molecular complexity index is 593. The van der Waals surface area contributed by atoms with Crippen molar-refractivity contribution >= 4 is 21.7 Å². The molecule has 0 fully saturated rings. The predicted octanol–water partition coefficient (Wildman–Crippen LogP) is 3.30. The summed E-state index contributed by atoms with van der Waals surface area (Å²) in [4.78, 5) is 16.7. The van der Waals surface area contributed by atoms with Gasteiger partial charge in [-0.3, -0.25) is 4.79 Å². The zero-order chi connectivity index (χ0) is 13.8. The van der Waals surface area contributed by atoms with Gasteiger partial charge in [-0.25, -0.2) is 4.98 Å². The molecule has 0 unspecified atom stereocenters. The average Bonchev–Trinajstić information content (AvgIpc) is 2.87. The number of aryl methyl sites for hydroxylation is 1. The number of benzene rings is 1. The molecule has 0 N–H and O–H groups in total. The van der Waals surface area contributed by atoms with Crippen molar-refractivity contribution in [2.24, 2.45) is 0 Å². The molecule has 1 aromatic heterocycles. The number of halogens is 1. The lowest BCUT2D eigenvalue weighted by molar-refractivity contribution is 0.102. The summed E-state index contributed by atoms with van der Waals surface area (Å²) < 4.78 is 7.76. The van der Waals surface area contributed by atoms with E-state index in [4.69, 9.17) is 4.74 Å². The second kappa shape index (κ2) is 6.02. The number of nitrogens with zero attached hydrogens (tertiary/aromatic N) is 2. The minimum atomic E-state index is -0.107. The van der Waals surface area contributed by atoms with Crippen molar-refractivity contribution in [3.8, 4) is 5.75 Å². The highest BCUT2D eigenvalue weighted by molar-refractivity contribution is 9.10. The first kappa shape index (κ1) is 13.8. The Morgan fingerprint density at radius 1 is 1.47 bits per heavy atom. The van der Waals surface area contributed by atoms with Crippen LogP contribution in [0.15, 0.2) is 35.1 Å². The second-order valence-electron chi connectivity index (χ2n) is 4.12. The Labute approximate surface area is 120 Å². The number of ether oxygens (including phenoxy) is 1. The first-order chi connectivity index (χ1) is 9.17. The third-order valence-corrected chi connectivity index (χ3v) is 3.49. The number of hydrogen-bond acceptors (Lipinski definition) is 3. The van der Waals surface area contributed by atoms with Crippen molar-refractivity contribution in [3.63, 3.8) is 0 Å². The summed E-state index contributed by atoms with van der Waals surface area (Å²) in [6.45, 7) is 2.85. The van der Waals surface area contributed by atoms with Crippen LogP contribution in [0.4, 0.5) is 0 Å². The van der Waals surface area contributed by atoms with Gasteiger partial charge in [-0.05, 0) is 24.6 Å². The van der Waals surface area contributed by atoms with Crippen LogP contribution in [0.1, 0.15) is 29.5 Å². The van der Waals surface area contributed by atoms with Crippen molar-refractivity contribution < 1.29 is 9.53 Å². The van der Waals surface area contributed by atoms with Gasteiger partial charge in [-0.1, -0.05) is 22.9 Å². The van der Waals surface area contributed by atoms with Crippen molar-refractivity contribution in [3.05, 3.63) is 46.5 Å². The topological polar surface area (TPSA) is 44.1 Å². The van der Waals surface area contributed by atoms with E-state index in [-0.39, 0.29) is 5.78 Å². The Balaban J connectivity index is 2.40. The quantitative estimate of drug-likeness (QED) is 0.793. The molecular formula is C14H15BrN2O2. The summed E-state index contributed by atoms with van der Waals surface area (Å²) in [5.41, 5.74) is 0.558. The van der Waals surface area contributed by atoms with E-state index in [1.54, 1.807) is 31.5 Å². The molecule has 5 heteroatoms. The van der Waals surface area contributed by atoms with E-state index < -0.39 is 0 Å². The molecule has 1 heterocycles. The standard InChI is InChI=1S/C14H15BrN2O2/c1-3-7-17-8-6-16-14(17)13(18)11-9-10(19-2)4-5-12(11)15/h4-6,8-9H,3,7H2,1-2H3. The van der Waals surface area contributed by atoms with E-state index in [2.05, 4.69) is 27.8 Å². The lowest BCUT2D eigenvalue weighted by Crippen LogP contribution is -2.12. The van der Waals surface area contributed by atoms with E-state index in [9.17, 15) is 4.79 Å². The molecule has 0 aliphatic rings. The lowest BCUT2D eigenvalue weighted by atomic mass is 10.1. The summed E-state index contributed by atoms with van der Waals surface area (Å²) >= 11 is 3.40. The average molecular weight is 323 g/mol. The van der Waals surface area contributed by atoms with Gasteiger partial charge < -0.3 is 9.30 Å². The molecule has 0 saturated heterocycles. The molecule has 0 saturated carbocycles. The van der Waals surface area contributed by atoms with Crippen LogP contribution in [0.25, 0.3) is 0 Å². The maximum absolute atomic E-state index is 12.5. The molecule has 0 atom stereocenters. The first-order valence-electron chi connectivity index (χ1n) is 6.06. The number of hydrogen-bond donors (Lipinski definition) is 0. The van der Waals surface area contributed by atoms with Crippen LogP contribution < -0.4 is 4.74 Å². The third kappa shape index (κ3) is 2.87. The Kier molecular flexibility index (Phi) is 4.37. The SMILES string of the molecule is CCCn1ccnc1C(=O)c1cc(OC)ccc1Br. The second-order valence-corrected chi connectivity index (χ2v) is 4.97. The molecule has 0 aliphatic carbocycles. The van der Waals surface area contributed by atoms with Crippen molar-refractivity contribution in [1.29, 1.82) is 0 Å². The summed E-state index contributed by atoms with van der Waals surface area (Å²) in [5, 5.41) is 0. The molecule has 0 bridgehead atoms. The van der Waals surface area contributed by atoms with E-state index in [1.807, 2.05) is 10.8 Å². The van der Waals surface area contributed by atoms with Crippen molar-refractivity contribution in [2.45, 2.75) is 19.9 Å². The van der Waals surface area contributed by atoms with Gasteiger partial charge in [0.25, 0.3) is 0 Å². The van der Waals surface area contributed by atoms with Crippen LogP contribution >= 0.6 is 15.9 Å². The maximum Gasteiger partial charge on any atom is 0.229 e. The van der Waals surface area contributed by atoms with Crippen LogP contribution in [0.3, 0.4) is 0 Å². The van der Waals surface area contributed by atoms with Gasteiger partial charge in [-0.15, -0.1) is 0 Å². The number of carbonyl (C=O) groups excluding carboxylic acids is 1. The predicted molar refractivity (Wildman–Crippen MR) is 76.6 cm³/mol. The highest BCUT2D eigenvalue weighted by atomic mass is 79.9. The monoisotopic (exact) mass is 322 g/mol. The summed E-state index contributed by atoms with van der Waals surface area (Å²) in [6, 6.07) is 5.33. The highest BCUT2D eigenvalue weighted by Gasteiger charge is 2.18. The number of methoxy groups -OCH3 is 1. The lowest BCUT2D eigenvalue weighted by Gasteiger charge is -2.08. The fourth-order valence-electron chi connectivity index (χ4n) is 1.87. The summed E-state index contributed by atoms with van der Waals surface area (Å²) in [7, 11) is 1.58. The van der Waals surface area contributed by atoms with Gasteiger partial charge in [0.1, 0.15) is 5.75 Å². The molecular weight excluding hydrogens is 308 g/mol. The van der Waals surface area contributed by atoms with Crippen molar-refractivity contribution in [1.82, 2.24) is 9.55 Å². The van der Waals surface area contributed by atoms with E-state index in [1.165, 1.54) is 0 Å². The van der Waals surface area contributed by atoms with Gasteiger partial charge >= 0.3 is 0 Å². The molecule has 100 valence electrons. The van der Waals surface area contributed by atoms with Gasteiger partial charge in [0, 0.05) is 29.0 Å². The first-order valence-corrected chi connectivity index (χ1v) is 6.86. The van der Waals surface area contributed by atoms with Crippen LogP contribution in [0.2, 0.25) is 0 Å². The number of aromatic nitrogens is 2. The van der Waals surface area contributed by atoms with Crippen LogP contribution in [0.5, 0.6) is 5.75 Å². The molecule has 0 amide bonds. The summed E-state index contributed by atoms with van der Waals surface area (Å²) in [6.07, 6.45) is 4.43. The Morgan fingerprint density at radius 3 is 2.95 bits per heavy atom. The minimum absolute atomic E-state index is 0.107. The van der Waals surface area contributed by atoms with E-state index >= 15 is 0 Å². The zero-order valence-electron chi connectivity index (χ0n) is 10.9. The zero-order valence-corrected chi connectivity index (χ0v) is 12.5. The minimum Gasteiger partial charge on any atom is -0.497 e. The smallest absolute Gasteiger partial charge is 0.229 e. The van der Waals surface area contributed by atoms with Crippen LogP contribution in [-0.2, 0) is 6.54 Å². The number of carbonyl (C=O) groups is 1. The van der Waals surface area contributed by atoms with E-state index in [0.29, 0.717) is 17.1 Å². The van der Waals surface area contributed by atoms with Gasteiger partial charge in [0.05, 0.1) is 7.11 Å². The molecule has 4 nitrogen and oxygen atoms in total. The molecule has 0 aliphatic heterocycles. The van der Waals surface area contributed by atoms with Crippen molar-refractivity contribution in [2.75, 3.05) is 7.11 Å². The third-order valence-electron chi connectivity index (χ3n) is 2.80. The molecule has 1 aromatic carbocycles. The van der Waals surface area contributed by atoms with Gasteiger partial charge in [0.15, 0.2) is 5.82 Å².